The van der Waals surface area contributed by atoms with E-state index in [-0.39, 0.29) is 49.4 Å². The Hall–Kier alpha value is -2.26. The molecule has 172 valence electrons. The fourth-order valence-corrected chi connectivity index (χ4v) is 4.05. The van der Waals surface area contributed by atoms with E-state index in [1.165, 1.54) is 4.68 Å². The number of aryl methyl sites for hydroxylation is 1. The SMILES string of the molecule is O=c1c(NCC2CCC(C(F)(F)F)CC2)nn(CCCCC(F)(F)F)c2ccccc12. The lowest BCUT2D eigenvalue weighted by Crippen LogP contribution is -2.30. The highest BCUT2D eigenvalue weighted by molar-refractivity contribution is 5.80. The second-order valence-electron chi connectivity index (χ2n) is 8.13. The van der Waals surface area contributed by atoms with Crippen LogP contribution in [-0.4, -0.2) is 28.7 Å². The number of fused-ring (bicyclic) bond motifs is 1. The summed E-state index contributed by atoms with van der Waals surface area (Å²) in [5.41, 5.74) is 0.210. The molecular weight excluding hydrogens is 424 g/mol. The molecule has 0 spiro atoms. The van der Waals surface area contributed by atoms with Gasteiger partial charge in [-0.3, -0.25) is 9.48 Å². The summed E-state index contributed by atoms with van der Waals surface area (Å²) in [4.78, 5) is 12.8. The van der Waals surface area contributed by atoms with Crippen molar-refractivity contribution in [3.05, 3.63) is 34.5 Å². The maximum Gasteiger partial charge on any atom is 0.391 e. The third-order valence-electron chi connectivity index (χ3n) is 5.81. The first-order valence-corrected chi connectivity index (χ1v) is 10.4. The Morgan fingerprint density at radius 2 is 1.68 bits per heavy atom. The number of nitrogens with zero attached hydrogens (tertiary/aromatic N) is 2. The van der Waals surface area contributed by atoms with Gasteiger partial charge in [-0.25, -0.2) is 0 Å². The summed E-state index contributed by atoms with van der Waals surface area (Å²) in [5, 5.41) is 7.68. The van der Waals surface area contributed by atoms with E-state index in [0.717, 1.165) is 0 Å². The molecule has 10 heteroatoms. The quantitative estimate of drug-likeness (QED) is 0.422. The molecule has 1 saturated carbocycles. The summed E-state index contributed by atoms with van der Waals surface area (Å²) in [6.45, 7) is 0.557. The first-order chi connectivity index (χ1) is 14.5. The molecule has 1 aromatic carbocycles. The molecule has 0 saturated heterocycles. The molecule has 0 bridgehead atoms. The highest BCUT2D eigenvalue weighted by atomic mass is 19.4. The summed E-state index contributed by atoms with van der Waals surface area (Å²) in [6, 6.07) is 6.74. The maximum atomic E-state index is 12.8. The Morgan fingerprint density at radius 3 is 2.32 bits per heavy atom. The molecule has 4 nitrogen and oxygen atoms in total. The lowest BCUT2D eigenvalue weighted by atomic mass is 9.81. The van der Waals surface area contributed by atoms with Crippen molar-refractivity contribution in [1.82, 2.24) is 9.78 Å². The zero-order chi connectivity index (χ0) is 22.6. The zero-order valence-electron chi connectivity index (χ0n) is 16.9. The van der Waals surface area contributed by atoms with Crippen LogP contribution < -0.4 is 10.7 Å². The predicted octanol–water partition coefficient (Wildman–Crippen LogP) is 5.91. The third-order valence-corrected chi connectivity index (χ3v) is 5.81. The van der Waals surface area contributed by atoms with Crippen LogP contribution in [-0.2, 0) is 6.54 Å². The van der Waals surface area contributed by atoms with Crippen LogP contribution in [0, 0.1) is 11.8 Å². The highest BCUT2D eigenvalue weighted by Crippen LogP contribution is 2.39. The van der Waals surface area contributed by atoms with E-state index < -0.39 is 24.7 Å². The molecule has 1 aliphatic rings. The van der Waals surface area contributed by atoms with Gasteiger partial charge < -0.3 is 5.32 Å². The molecule has 1 N–H and O–H groups in total. The summed E-state index contributed by atoms with van der Waals surface area (Å²) in [5.74, 6) is -1.18. The summed E-state index contributed by atoms with van der Waals surface area (Å²) in [6.07, 6.45) is -8.08. The van der Waals surface area contributed by atoms with Crippen LogP contribution >= 0.6 is 0 Å². The Morgan fingerprint density at radius 1 is 1.00 bits per heavy atom. The van der Waals surface area contributed by atoms with Gasteiger partial charge in [-0.15, -0.1) is 0 Å². The number of nitrogens with one attached hydrogen (secondary N) is 1. The monoisotopic (exact) mass is 449 g/mol. The molecule has 31 heavy (non-hydrogen) atoms. The number of aromatic nitrogens is 2. The second-order valence-corrected chi connectivity index (χ2v) is 8.13. The van der Waals surface area contributed by atoms with E-state index in [1.807, 2.05) is 0 Å². The van der Waals surface area contributed by atoms with Gasteiger partial charge in [0, 0.05) is 19.5 Å². The molecule has 3 rings (SSSR count). The van der Waals surface area contributed by atoms with Gasteiger partial charge in [-0.1, -0.05) is 12.1 Å². The van der Waals surface area contributed by atoms with Crippen molar-refractivity contribution >= 4 is 16.7 Å². The van der Waals surface area contributed by atoms with Crippen LogP contribution in [0.1, 0.15) is 44.9 Å². The zero-order valence-corrected chi connectivity index (χ0v) is 16.9. The Balaban J connectivity index is 1.68. The van der Waals surface area contributed by atoms with Crippen molar-refractivity contribution in [1.29, 1.82) is 0 Å². The number of para-hydroxylation sites is 1. The number of benzene rings is 1. The van der Waals surface area contributed by atoms with Gasteiger partial charge in [0.2, 0.25) is 5.43 Å². The summed E-state index contributed by atoms with van der Waals surface area (Å²) >= 11 is 0. The van der Waals surface area contributed by atoms with E-state index in [0.29, 0.717) is 30.3 Å². The van der Waals surface area contributed by atoms with Gasteiger partial charge in [0.05, 0.1) is 16.8 Å². The average Bonchev–Trinajstić information content (AvgIpc) is 2.71. The van der Waals surface area contributed by atoms with Crippen LogP contribution in [0.25, 0.3) is 10.9 Å². The van der Waals surface area contributed by atoms with Crippen molar-refractivity contribution in [3.63, 3.8) is 0 Å². The highest BCUT2D eigenvalue weighted by Gasteiger charge is 2.41. The molecule has 1 fully saturated rings. The van der Waals surface area contributed by atoms with Crippen molar-refractivity contribution in [3.8, 4) is 0 Å². The van der Waals surface area contributed by atoms with Crippen LogP contribution in [0.3, 0.4) is 0 Å². The minimum atomic E-state index is -4.21. The number of anilines is 1. The third kappa shape index (κ3) is 6.36. The van der Waals surface area contributed by atoms with Crippen molar-refractivity contribution < 1.29 is 26.3 Å². The van der Waals surface area contributed by atoms with Crippen molar-refractivity contribution in [2.75, 3.05) is 11.9 Å². The lowest BCUT2D eigenvalue weighted by molar-refractivity contribution is -0.183. The van der Waals surface area contributed by atoms with E-state index in [2.05, 4.69) is 10.4 Å². The summed E-state index contributed by atoms with van der Waals surface area (Å²) < 4.78 is 77.1. The normalized spacial score (nSPS) is 20.2. The summed E-state index contributed by atoms with van der Waals surface area (Å²) in [7, 11) is 0. The van der Waals surface area contributed by atoms with Crippen LogP contribution in [0.2, 0.25) is 0 Å². The molecule has 0 unspecified atom stereocenters. The average molecular weight is 449 g/mol. The van der Waals surface area contributed by atoms with Gasteiger partial charge in [-0.2, -0.15) is 31.4 Å². The smallest absolute Gasteiger partial charge is 0.365 e. The predicted molar refractivity (Wildman–Crippen MR) is 106 cm³/mol. The van der Waals surface area contributed by atoms with E-state index in [9.17, 15) is 31.1 Å². The standard InChI is InChI=1S/C21H25F6N3O/c22-20(23,24)11-3-4-12-30-17-6-2-1-5-16(17)18(31)19(29-30)28-13-14-7-9-15(10-8-14)21(25,26)27/h1-2,5-6,14-15H,3-4,7-13H2,(H,28,29). The minimum Gasteiger partial charge on any atom is -0.365 e. The first kappa shape index (κ1) is 23.4. The van der Waals surface area contributed by atoms with Crippen molar-refractivity contribution in [2.45, 2.75) is 63.8 Å². The number of rotatable bonds is 7. The van der Waals surface area contributed by atoms with Gasteiger partial charge in [-0.05, 0) is 56.6 Å². The van der Waals surface area contributed by atoms with Crippen LogP contribution in [0.5, 0.6) is 0 Å². The number of unbranched alkanes of at least 4 members (excludes halogenated alkanes) is 1. The Labute approximate surface area is 175 Å². The van der Waals surface area contributed by atoms with E-state index in [1.54, 1.807) is 24.3 Å². The van der Waals surface area contributed by atoms with Crippen LogP contribution in [0.4, 0.5) is 32.2 Å². The first-order valence-electron chi connectivity index (χ1n) is 10.4. The molecule has 0 atom stereocenters. The molecule has 1 heterocycles. The maximum absolute atomic E-state index is 12.8. The number of hydrogen-bond donors (Lipinski definition) is 1. The Kier molecular flexibility index (Phi) is 7.16. The molecule has 1 aliphatic carbocycles. The fraction of sp³-hybridized carbons (Fsp3) is 0.619. The van der Waals surface area contributed by atoms with Gasteiger partial charge >= 0.3 is 12.4 Å². The number of hydrogen-bond acceptors (Lipinski definition) is 3. The molecule has 1 aromatic heterocycles. The number of halogens is 6. The van der Waals surface area contributed by atoms with Crippen molar-refractivity contribution in [2.24, 2.45) is 11.8 Å². The molecule has 0 aliphatic heterocycles. The van der Waals surface area contributed by atoms with Crippen LogP contribution in [0.15, 0.2) is 29.1 Å². The molecule has 2 aromatic rings. The second kappa shape index (κ2) is 9.48. The van der Waals surface area contributed by atoms with Gasteiger partial charge in [0.25, 0.3) is 0 Å². The van der Waals surface area contributed by atoms with E-state index >= 15 is 0 Å². The Bertz CT molecular complexity index is 929. The molecular formula is C21H25F6N3O. The number of alkyl halides is 6. The topological polar surface area (TPSA) is 46.9 Å². The van der Waals surface area contributed by atoms with Gasteiger partial charge in [0.15, 0.2) is 5.82 Å². The fourth-order valence-electron chi connectivity index (χ4n) is 4.05. The van der Waals surface area contributed by atoms with E-state index in [4.69, 9.17) is 0 Å². The van der Waals surface area contributed by atoms with Gasteiger partial charge in [0.1, 0.15) is 0 Å². The largest absolute Gasteiger partial charge is 0.391 e. The molecule has 0 amide bonds. The minimum absolute atomic E-state index is 0.00602. The molecule has 0 radical (unpaired) electrons. The lowest BCUT2D eigenvalue weighted by Gasteiger charge is -2.30.